The van der Waals surface area contributed by atoms with Crippen molar-refractivity contribution >= 4 is 46.3 Å². The largest absolute Gasteiger partial charge is 0.507 e. The summed E-state index contributed by atoms with van der Waals surface area (Å²) in [6.45, 7) is 2.39. The van der Waals surface area contributed by atoms with Crippen LogP contribution in [0.25, 0.3) is 5.76 Å². The van der Waals surface area contributed by atoms with Crippen molar-refractivity contribution in [3.05, 3.63) is 99.5 Å². The summed E-state index contributed by atoms with van der Waals surface area (Å²) in [7, 11) is 0. The van der Waals surface area contributed by atoms with Crippen LogP contribution in [0.1, 0.15) is 24.1 Å². The average Bonchev–Trinajstić information content (AvgIpc) is 3.06. The SMILES string of the molecule is CCOc1ccc(N2C(=O)C(=O)/C(=C(/O)c3ccc(Cl)cc3)C2c2ccc(Cl)cc2)cc1. The van der Waals surface area contributed by atoms with Gasteiger partial charge in [-0.05, 0) is 73.2 Å². The molecular formula is C25H19Cl2NO4. The fraction of sp³-hybridized carbons (Fsp3) is 0.120. The third kappa shape index (κ3) is 4.09. The minimum Gasteiger partial charge on any atom is -0.507 e. The second kappa shape index (κ2) is 9.07. The Hall–Kier alpha value is -3.28. The van der Waals surface area contributed by atoms with Gasteiger partial charge >= 0.3 is 0 Å². The van der Waals surface area contributed by atoms with E-state index in [9.17, 15) is 14.7 Å². The van der Waals surface area contributed by atoms with Crippen LogP contribution in [0.2, 0.25) is 10.0 Å². The molecule has 0 bridgehead atoms. The molecule has 1 amide bonds. The topological polar surface area (TPSA) is 66.8 Å². The number of Topliss-reactive ketones (excluding diaryl/α,β-unsaturated/α-hetero) is 1. The quantitative estimate of drug-likeness (QED) is 0.283. The molecule has 1 aliphatic heterocycles. The summed E-state index contributed by atoms with van der Waals surface area (Å²) in [4.78, 5) is 27.6. The molecule has 3 aromatic carbocycles. The maximum Gasteiger partial charge on any atom is 0.300 e. The van der Waals surface area contributed by atoms with Gasteiger partial charge in [-0.15, -0.1) is 0 Å². The maximum atomic E-state index is 13.1. The van der Waals surface area contributed by atoms with Gasteiger partial charge in [-0.2, -0.15) is 0 Å². The van der Waals surface area contributed by atoms with Crippen molar-refractivity contribution in [3.8, 4) is 5.75 Å². The fourth-order valence-corrected chi connectivity index (χ4v) is 3.94. The molecule has 7 heteroatoms. The highest BCUT2D eigenvalue weighted by Gasteiger charge is 2.46. The smallest absolute Gasteiger partial charge is 0.300 e. The van der Waals surface area contributed by atoms with Crippen LogP contribution in [0, 0.1) is 0 Å². The number of benzene rings is 3. The summed E-state index contributed by atoms with van der Waals surface area (Å²) in [6, 6.07) is 19.3. The van der Waals surface area contributed by atoms with Crippen molar-refractivity contribution in [2.24, 2.45) is 0 Å². The molecule has 1 aliphatic rings. The standard InChI is InChI=1S/C25H19Cl2NO4/c1-2-32-20-13-11-19(12-14-20)28-22(15-3-7-17(26)8-4-15)21(24(30)25(28)31)23(29)16-5-9-18(27)10-6-16/h3-14,22,29H,2H2,1H3/b23-21+. The van der Waals surface area contributed by atoms with Gasteiger partial charge in [0.1, 0.15) is 11.5 Å². The number of rotatable bonds is 5. The van der Waals surface area contributed by atoms with Gasteiger partial charge in [0, 0.05) is 21.3 Å². The van der Waals surface area contributed by atoms with E-state index >= 15 is 0 Å². The Morgan fingerprint density at radius 1 is 0.906 bits per heavy atom. The van der Waals surface area contributed by atoms with Gasteiger partial charge in [-0.1, -0.05) is 35.3 Å². The van der Waals surface area contributed by atoms with Gasteiger partial charge in [-0.25, -0.2) is 0 Å². The third-order valence-corrected chi connectivity index (χ3v) is 5.68. The summed E-state index contributed by atoms with van der Waals surface area (Å²) < 4.78 is 5.48. The van der Waals surface area contributed by atoms with Crippen LogP contribution in [-0.2, 0) is 9.59 Å². The summed E-state index contributed by atoms with van der Waals surface area (Å²) in [5.74, 6) is -1.12. The first-order valence-corrected chi connectivity index (χ1v) is 10.7. The number of aliphatic hydroxyl groups is 1. The number of carbonyl (C=O) groups is 2. The number of hydrogen-bond acceptors (Lipinski definition) is 4. The summed E-state index contributed by atoms with van der Waals surface area (Å²) in [5.41, 5.74) is 1.52. The Kier molecular flexibility index (Phi) is 6.21. The zero-order valence-corrected chi connectivity index (χ0v) is 18.6. The summed E-state index contributed by atoms with van der Waals surface area (Å²) in [5, 5.41) is 12.1. The molecule has 5 nitrogen and oxygen atoms in total. The van der Waals surface area contributed by atoms with Gasteiger partial charge in [0.25, 0.3) is 11.7 Å². The van der Waals surface area contributed by atoms with Gasteiger partial charge in [0.05, 0.1) is 18.2 Å². The van der Waals surface area contributed by atoms with E-state index in [-0.39, 0.29) is 11.3 Å². The van der Waals surface area contributed by atoms with Crippen LogP contribution in [-0.4, -0.2) is 23.4 Å². The zero-order valence-electron chi connectivity index (χ0n) is 17.1. The molecule has 1 atom stereocenters. The van der Waals surface area contributed by atoms with Crippen molar-refractivity contribution in [1.82, 2.24) is 0 Å². The van der Waals surface area contributed by atoms with Crippen LogP contribution in [0.15, 0.2) is 78.4 Å². The minimum absolute atomic E-state index is 0.00599. The molecule has 1 N–H and O–H groups in total. The monoisotopic (exact) mass is 467 g/mol. The van der Waals surface area contributed by atoms with Gasteiger partial charge in [-0.3, -0.25) is 14.5 Å². The number of anilines is 1. The lowest BCUT2D eigenvalue weighted by Crippen LogP contribution is -2.29. The minimum atomic E-state index is -0.833. The second-order valence-corrected chi connectivity index (χ2v) is 8.03. The molecule has 1 unspecified atom stereocenters. The van der Waals surface area contributed by atoms with Crippen LogP contribution < -0.4 is 9.64 Å². The molecule has 3 aromatic rings. The lowest BCUT2D eigenvalue weighted by Gasteiger charge is -2.25. The number of amides is 1. The van der Waals surface area contributed by atoms with E-state index in [1.165, 1.54) is 4.90 Å². The van der Waals surface area contributed by atoms with Crippen molar-refractivity contribution < 1.29 is 19.4 Å². The molecule has 1 fully saturated rings. The van der Waals surface area contributed by atoms with E-state index in [1.54, 1.807) is 72.8 Å². The Morgan fingerprint density at radius 3 is 2.03 bits per heavy atom. The highest BCUT2D eigenvalue weighted by atomic mass is 35.5. The van der Waals surface area contributed by atoms with Gasteiger partial charge in [0.15, 0.2) is 0 Å². The molecular weight excluding hydrogens is 449 g/mol. The lowest BCUT2D eigenvalue weighted by atomic mass is 9.95. The molecule has 0 radical (unpaired) electrons. The predicted octanol–water partition coefficient (Wildman–Crippen LogP) is 6.02. The molecule has 0 aromatic heterocycles. The Labute approximate surface area is 195 Å². The molecule has 4 rings (SSSR count). The fourth-order valence-electron chi connectivity index (χ4n) is 3.69. The number of aliphatic hydroxyl groups excluding tert-OH is 1. The first-order valence-electron chi connectivity index (χ1n) is 9.96. The normalized spacial score (nSPS) is 17.6. The van der Waals surface area contributed by atoms with Crippen molar-refractivity contribution in [1.29, 1.82) is 0 Å². The predicted molar refractivity (Wildman–Crippen MR) is 125 cm³/mol. The first kappa shape index (κ1) is 21.9. The van der Waals surface area contributed by atoms with Crippen molar-refractivity contribution in [2.45, 2.75) is 13.0 Å². The van der Waals surface area contributed by atoms with E-state index in [0.29, 0.717) is 39.2 Å². The van der Waals surface area contributed by atoms with Crippen molar-refractivity contribution in [3.63, 3.8) is 0 Å². The molecule has 0 saturated carbocycles. The maximum absolute atomic E-state index is 13.1. The number of halogens is 2. The molecule has 1 heterocycles. The Balaban J connectivity index is 1.88. The van der Waals surface area contributed by atoms with E-state index in [4.69, 9.17) is 27.9 Å². The molecule has 32 heavy (non-hydrogen) atoms. The highest BCUT2D eigenvalue weighted by molar-refractivity contribution is 6.51. The van der Waals surface area contributed by atoms with Crippen LogP contribution >= 0.6 is 23.2 Å². The van der Waals surface area contributed by atoms with Crippen molar-refractivity contribution in [2.75, 3.05) is 11.5 Å². The van der Waals surface area contributed by atoms with E-state index in [2.05, 4.69) is 0 Å². The van der Waals surface area contributed by atoms with Crippen LogP contribution in [0.3, 0.4) is 0 Å². The Bertz CT molecular complexity index is 1190. The van der Waals surface area contributed by atoms with E-state index < -0.39 is 17.7 Å². The summed E-state index contributed by atoms with van der Waals surface area (Å²) in [6.07, 6.45) is 0. The van der Waals surface area contributed by atoms with Crippen LogP contribution in [0.4, 0.5) is 5.69 Å². The first-order chi connectivity index (χ1) is 15.4. The van der Waals surface area contributed by atoms with Crippen LogP contribution in [0.5, 0.6) is 5.75 Å². The highest BCUT2D eigenvalue weighted by Crippen LogP contribution is 2.42. The summed E-state index contributed by atoms with van der Waals surface area (Å²) >= 11 is 12.0. The Morgan fingerprint density at radius 2 is 1.47 bits per heavy atom. The number of ketones is 1. The van der Waals surface area contributed by atoms with Gasteiger partial charge in [0.2, 0.25) is 0 Å². The molecule has 162 valence electrons. The number of hydrogen-bond donors (Lipinski definition) is 1. The molecule has 1 saturated heterocycles. The van der Waals surface area contributed by atoms with E-state index in [1.807, 2.05) is 6.92 Å². The molecule has 0 spiro atoms. The van der Waals surface area contributed by atoms with E-state index in [0.717, 1.165) is 0 Å². The third-order valence-electron chi connectivity index (χ3n) is 5.17. The lowest BCUT2D eigenvalue weighted by molar-refractivity contribution is -0.132. The second-order valence-electron chi connectivity index (χ2n) is 7.15. The van der Waals surface area contributed by atoms with Gasteiger partial charge < -0.3 is 9.84 Å². The zero-order chi connectivity index (χ0) is 22.8. The average molecular weight is 468 g/mol. The number of ether oxygens (including phenoxy) is 1. The number of carbonyl (C=O) groups excluding carboxylic acids is 2. The molecule has 0 aliphatic carbocycles. The number of nitrogens with zero attached hydrogens (tertiary/aromatic N) is 1.